The Morgan fingerprint density at radius 3 is 2.91 bits per heavy atom. The number of nitrogens with zero attached hydrogens (tertiary/aromatic N) is 2. The minimum absolute atomic E-state index is 0.00730. The Hall–Kier alpha value is -2.40. The highest BCUT2D eigenvalue weighted by atomic mass is 16.5. The smallest absolute Gasteiger partial charge is 0.254 e. The lowest BCUT2D eigenvalue weighted by Gasteiger charge is -2.30. The number of hydrogen-bond donors (Lipinski definition) is 1. The summed E-state index contributed by atoms with van der Waals surface area (Å²) in [5, 5.41) is 0. The van der Waals surface area contributed by atoms with E-state index in [0.717, 1.165) is 24.9 Å². The minimum atomic E-state index is -0.00730. The molecule has 0 saturated carbocycles. The van der Waals surface area contributed by atoms with Gasteiger partial charge in [-0.25, -0.2) is 4.98 Å². The second-order valence-electron chi connectivity index (χ2n) is 5.81. The number of likely N-dealkylation sites (tertiary alicyclic amines) is 1. The number of benzene rings is 1. The van der Waals surface area contributed by atoms with Gasteiger partial charge < -0.3 is 15.4 Å². The fourth-order valence-electron chi connectivity index (χ4n) is 2.73. The first-order chi connectivity index (χ1) is 11.2. The van der Waals surface area contributed by atoms with Crippen LogP contribution in [0.3, 0.4) is 0 Å². The van der Waals surface area contributed by atoms with Crippen molar-refractivity contribution in [2.75, 3.05) is 13.1 Å². The highest BCUT2D eigenvalue weighted by molar-refractivity contribution is 5.94. The topological polar surface area (TPSA) is 68.5 Å². The van der Waals surface area contributed by atoms with Crippen molar-refractivity contribution in [3.63, 3.8) is 0 Å². The molecule has 1 aliphatic heterocycles. The molecule has 23 heavy (non-hydrogen) atoms. The van der Waals surface area contributed by atoms with Crippen LogP contribution in [-0.2, 0) is 6.61 Å². The van der Waals surface area contributed by atoms with Gasteiger partial charge >= 0.3 is 0 Å². The largest absolute Gasteiger partial charge is 0.473 e. The predicted octanol–water partition coefficient (Wildman–Crippen LogP) is 2.22. The maximum absolute atomic E-state index is 12.6. The number of piperidine rings is 1. The molecule has 0 unspecified atom stereocenters. The summed E-state index contributed by atoms with van der Waals surface area (Å²) in [4.78, 5) is 18.5. The predicted molar refractivity (Wildman–Crippen MR) is 88.1 cm³/mol. The number of rotatable bonds is 4. The number of ether oxygens (including phenoxy) is 1. The van der Waals surface area contributed by atoms with E-state index >= 15 is 0 Å². The Morgan fingerprint density at radius 1 is 1.30 bits per heavy atom. The first-order valence-electron chi connectivity index (χ1n) is 7.90. The molecule has 0 spiro atoms. The molecular weight excluding hydrogens is 290 g/mol. The van der Waals surface area contributed by atoms with Gasteiger partial charge in [0.05, 0.1) is 0 Å². The fraction of sp³-hybridized carbons (Fsp3) is 0.333. The van der Waals surface area contributed by atoms with Gasteiger partial charge in [0.2, 0.25) is 5.88 Å². The van der Waals surface area contributed by atoms with Crippen LogP contribution in [0, 0.1) is 0 Å². The van der Waals surface area contributed by atoms with Crippen molar-refractivity contribution in [1.29, 1.82) is 0 Å². The Bertz CT molecular complexity index is 660. The second-order valence-corrected chi connectivity index (χ2v) is 5.81. The Labute approximate surface area is 136 Å². The molecule has 1 amide bonds. The molecule has 1 aromatic carbocycles. The molecule has 3 rings (SSSR count). The highest BCUT2D eigenvalue weighted by Gasteiger charge is 2.22. The number of hydrogen-bond acceptors (Lipinski definition) is 4. The monoisotopic (exact) mass is 311 g/mol. The zero-order valence-electron chi connectivity index (χ0n) is 13.0. The lowest BCUT2D eigenvalue weighted by Crippen LogP contribution is -2.45. The number of aromatic nitrogens is 1. The van der Waals surface area contributed by atoms with E-state index < -0.39 is 0 Å². The highest BCUT2D eigenvalue weighted by Crippen LogP contribution is 2.16. The molecule has 1 atom stereocenters. The molecule has 1 fully saturated rings. The maximum Gasteiger partial charge on any atom is 0.254 e. The average molecular weight is 311 g/mol. The van der Waals surface area contributed by atoms with Gasteiger partial charge in [0, 0.05) is 37.0 Å². The summed E-state index contributed by atoms with van der Waals surface area (Å²) in [6.45, 7) is 1.80. The van der Waals surface area contributed by atoms with Gasteiger partial charge in [0.25, 0.3) is 5.91 Å². The maximum atomic E-state index is 12.6. The van der Waals surface area contributed by atoms with Gasteiger partial charge in [-0.05, 0) is 24.5 Å². The van der Waals surface area contributed by atoms with Gasteiger partial charge in [0.1, 0.15) is 6.61 Å². The van der Waals surface area contributed by atoms with Crippen molar-refractivity contribution in [2.45, 2.75) is 25.5 Å². The van der Waals surface area contributed by atoms with Crippen molar-refractivity contribution in [1.82, 2.24) is 9.88 Å². The third kappa shape index (κ3) is 4.07. The molecule has 2 N–H and O–H groups in total. The summed E-state index contributed by atoms with van der Waals surface area (Å²) in [7, 11) is 0. The third-order valence-electron chi connectivity index (χ3n) is 3.96. The van der Waals surface area contributed by atoms with Gasteiger partial charge in [-0.3, -0.25) is 4.79 Å². The first-order valence-corrected chi connectivity index (χ1v) is 7.90. The molecule has 1 saturated heterocycles. The Morgan fingerprint density at radius 2 is 2.13 bits per heavy atom. The number of carbonyl (C=O) groups is 1. The molecular formula is C18H21N3O2. The lowest BCUT2D eigenvalue weighted by atomic mass is 10.1. The molecule has 2 aromatic rings. The standard InChI is InChI=1S/C18H21N3O2/c19-16-7-4-10-21(12-16)18(22)15-8-9-20-17(11-15)23-13-14-5-2-1-3-6-14/h1-3,5-6,8-9,11,16H,4,7,10,12-13,19H2/t16-/m1/s1. The van der Waals surface area contributed by atoms with Crippen LogP contribution in [0.2, 0.25) is 0 Å². The van der Waals surface area contributed by atoms with Crippen LogP contribution in [0.1, 0.15) is 28.8 Å². The summed E-state index contributed by atoms with van der Waals surface area (Å²) in [6.07, 6.45) is 3.54. The first kappa shape index (κ1) is 15.5. The van der Waals surface area contributed by atoms with E-state index in [4.69, 9.17) is 10.5 Å². The molecule has 120 valence electrons. The fourth-order valence-corrected chi connectivity index (χ4v) is 2.73. The number of pyridine rings is 1. The van der Waals surface area contributed by atoms with E-state index in [2.05, 4.69) is 4.98 Å². The van der Waals surface area contributed by atoms with Gasteiger partial charge in [-0.2, -0.15) is 0 Å². The van der Waals surface area contributed by atoms with Gasteiger partial charge in [-0.15, -0.1) is 0 Å². The summed E-state index contributed by atoms with van der Waals surface area (Å²) in [6, 6.07) is 13.4. The van der Waals surface area contributed by atoms with Crippen LogP contribution in [-0.4, -0.2) is 34.9 Å². The van der Waals surface area contributed by atoms with Gasteiger partial charge in [0.15, 0.2) is 0 Å². The van der Waals surface area contributed by atoms with Crippen LogP contribution in [0.5, 0.6) is 5.88 Å². The number of nitrogens with two attached hydrogens (primary N) is 1. The zero-order chi connectivity index (χ0) is 16.1. The van der Waals surface area contributed by atoms with Crippen LogP contribution in [0.4, 0.5) is 0 Å². The summed E-state index contributed by atoms with van der Waals surface area (Å²) in [5.74, 6) is 0.452. The van der Waals surface area contributed by atoms with Crippen LogP contribution in [0.15, 0.2) is 48.7 Å². The molecule has 0 bridgehead atoms. The van der Waals surface area contributed by atoms with E-state index in [1.54, 1.807) is 18.3 Å². The normalized spacial score (nSPS) is 17.8. The molecule has 1 aromatic heterocycles. The van der Waals surface area contributed by atoms with E-state index in [0.29, 0.717) is 24.6 Å². The SMILES string of the molecule is N[C@@H]1CCCN(C(=O)c2ccnc(OCc3ccccc3)c2)C1. The van der Waals surface area contributed by atoms with Crippen molar-refractivity contribution < 1.29 is 9.53 Å². The van der Waals surface area contributed by atoms with E-state index in [1.165, 1.54) is 0 Å². The van der Waals surface area contributed by atoms with Crippen molar-refractivity contribution in [2.24, 2.45) is 5.73 Å². The van der Waals surface area contributed by atoms with Crippen molar-refractivity contribution in [3.05, 3.63) is 59.8 Å². The van der Waals surface area contributed by atoms with Crippen LogP contribution in [0.25, 0.3) is 0 Å². The number of amides is 1. The Balaban J connectivity index is 1.66. The van der Waals surface area contributed by atoms with Crippen molar-refractivity contribution in [3.8, 4) is 5.88 Å². The molecule has 5 nitrogen and oxygen atoms in total. The van der Waals surface area contributed by atoms with Crippen molar-refractivity contribution >= 4 is 5.91 Å². The Kier molecular flexibility index (Phi) is 4.88. The van der Waals surface area contributed by atoms with E-state index in [9.17, 15) is 4.79 Å². The van der Waals surface area contributed by atoms with E-state index in [1.807, 2.05) is 35.2 Å². The second kappa shape index (κ2) is 7.24. The summed E-state index contributed by atoms with van der Waals surface area (Å²) >= 11 is 0. The zero-order valence-corrected chi connectivity index (χ0v) is 13.0. The molecule has 1 aliphatic rings. The quantitative estimate of drug-likeness (QED) is 0.940. The molecule has 2 heterocycles. The van der Waals surface area contributed by atoms with Crippen LogP contribution < -0.4 is 10.5 Å². The molecule has 0 radical (unpaired) electrons. The van der Waals surface area contributed by atoms with Gasteiger partial charge in [-0.1, -0.05) is 30.3 Å². The van der Waals surface area contributed by atoms with E-state index in [-0.39, 0.29) is 11.9 Å². The molecule has 5 heteroatoms. The summed E-state index contributed by atoms with van der Waals surface area (Å²) in [5.41, 5.74) is 7.61. The van der Waals surface area contributed by atoms with Crippen LogP contribution >= 0.6 is 0 Å². The summed E-state index contributed by atoms with van der Waals surface area (Å²) < 4.78 is 5.68. The number of carbonyl (C=O) groups excluding carboxylic acids is 1. The average Bonchev–Trinajstić information content (AvgIpc) is 2.60. The third-order valence-corrected chi connectivity index (χ3v) is 3.96. The lowest BCUT2D eigenvalue weighted by molar-refractivity contribution is 0.0708. The molecule has 0 aliphatic carbocycles. The minimum Gasteiger partial charge on any atom is -0.473 e.